The number of carboxylic acids is 1. The van der Waals surface area contributed by atoms with Gasteiger partial charge in [-0.3, -0.25) is 24.6 Å². The fraction of sp³-hybridized carbons (Fsp3) is 0.467. The van der Waals surface area contributed by atoms with Gasteiger partial charge in [-0.1, -0.05) is 0 Å². The summed E-state index contributed by atoms with van der Waals surface area (Å²) in [6.45, 7) is 1.30. The van der Waals surface area contributed by atoms with Gasteiger partial charge in [0.25, 0.3) is 5.69 Å². The molecule has 0 saturated heterocycles. The minimum atomic E-state index is -1.02. The van der Waals surface area contributed by atoms with Gasteiger partial charge in [0, 0.05) is 12.1 Å². The van der Waals surface area contributed by atoms with Crippen LogP contribution in [0.2, 0.25) is 0 Å². The summed E-state index contributed by atoms with van der Waals surface area (Å²) >= 11 is 0. The van der Waals surface area contributed by atoms with Crippen molar-refractivity contribution in [2.75, 3.05) is 18.7 Å². The highest BCUT2D eigenvalue weighted by Gasteiger charge is 2.36. The number of benzene rings is 1. The minimum Gasteiger partial charge on any atom is -0.480 e. The molecule has 1 atom stereocenters. The third-order valence-electron chi connectivity index (χ3n) is 4.16. The van der Waals surface area contributed by atoms with Crippen LogP contribution in [0.5, 0.6) is 11.5 Å². The highest BCUT2D eigenvalue weighted by atomic mass is 16.7. The second kappa shape index (κ2) is 6.55. The van der Waals surface area contributed by atoms with Gasteiger partial charge in [-0.25, -0.2) is 0 Å². The molecule has 1 heterocycles. The standard InChI is InChI=1S/C15H17N3O7/c1-8(15(20)21)17(9-2-3-9)6-14(19)16-10-4-12-13(25-7-24-12)5-11(10)18(22)23/h4-5,8-9H,2-3,6-7H2,1H3,(H,16,19)(H,20,21). The van der Waals surface area contributed by atoms with E-state index in [-0.39, 0.29) is 36.5 Å². The first kappa shape index (κ1) is 17.0. The van der Waals surface area contributed by atoms with E-state index >= 15 is 0 Å². The zero-order valence-electron chi connectivity index (χ0n) is 13.4. The maximum atomic E-state index is 12.3. The number of nitrogens with zero attached hydrogens (tertiary/aromatic N) is 2. The third kappa shape index (κ3) is 3.63. The number of anilines is 1. The molecule has 1 fully saturated rings. The van der Waals surface area contributed by atoms with Crippen molar-refractivity contribution < 1.29 is 29.1 Å². The molecule has 1 saturated carbocycles. The van der Waals surface area contributed by atoms with E-state index < -0.39 is 22.8 Å². The van der Waals surface area contributed by atoms with Crippen LogP contribution in [-0.4, -0.2) is 52.2 Å². The lowest BCUT2D eigenvalue weighted by Gasteiger charge is -2.25. The monoisotopic (exact) mass is 351 g/mol. The molecule has 10 heteroatoms. The molecule has 0 radical (unpaired) electrons. The molecule has 1 aliphatic carbocycles. The van der Waals surface area contributed by atoms with Gasteiger partial charge in [-0.15, -0.1) is 0 Å². The average Bonchev–Trinajstić information content (AvgIpc) is 3.29. The number of carbonyl (C=O) groups is 2. The lowest BCUT2D eigenvalue weighted by Crippen LogP contribution is -2.44. The van der Waals surface area contributed by atoms with Crippen LogP contribution < -0.4 is 14.8 Å². The van der Waals surface area contributed by atoms with Crippen LogP contribution in [-0.2, 0) is 9.59 Å². The minimum absolute atomic E-state index is 0.0158. The number of amides is 1. The van der Waals surface area contributed by atoms with E-state index in [0.29, 0.717) is 5.75 Å². The van der Waals surface area contributed by atoms with Crippen LogP contribution in [0.3, 0.4) is 0 Å². The predicted molar refractivity (Wildman–Crippen MR) is 84.7 cm³/mol. The number of carbonyl (C=O) groups excluding carboxylic acids is 1. The van der Waals surface area contributed by atoms with Crippen molar-refractivity contribution in [3.63, 3.8) is 0 Å². The van der Waals surface area contributed by atoms with Crippen molar-refractivity contribution in [2.45, 2.75) is 31.8 Å². The van der Waals surface area contributed by atoms with E-state index in [1.54, 1.807) is 4.90 Å². The SMILES string of the molecule is CC(C(=O)O)N(CC(=O)Nc1cc2c(cc1[N+](=O)[O-])OCO2)C1CC1. The highest BCUT2D eigenvalue weighted by molar-refractivity contribution is 5.95. The molecule has 0 spiro atoms. The number of nitrogens with one attached hydrogen (secondary N) is 1. The Hall–Kier alpha value is -2.88. The van der Waals surface area contributed by atoms with E-state index in [2.05, 4.69) is 5.32 Å². The molecule has 134 valence electrons. The van der Waals surface area contributed by atoms with Gasteiger partial charge >= 0.3 is 5.97 Å². The van der Waals surface area contributed by atoms with Crippen molar-refractivity contribution in [2.24, 2.45) is 0 Å². The van der Waals surface area contributed by atoms with Crippen molar-refractivity contribution in [3.8, 4) is 11.5 Å². The summed E-state index contributed by atoms with van der Waals surface area (Å²) in [6, 6.07) is 1.75. The number of fused-ring (bicyclic) bond motifs is 1. The van der Waals surface area contributed by atoms with Crippen LogP contribution in [0.15, 0.2) is 12.1 Å². The third-order valence-corrected chi connectivity index (χ3v) is 4.16. The average molecular weight is 351 g/mol. The summed E-state index contributed by atoms with van der Waals surface area (Å²) < 4.78 is 10.3. The molecule has 2 aliphatic rings. The molecule has 0 bridgehead atoms. The number of nitro groups is 1. The fourth-order valence-electron chi connectivity index (χ4n) is 2.67. The number of carboxylic acid groups (broad SMARTS) is 1. The number of hydrogen-bond donors (Lipinski definition) is 2. The van der Waals surface area contributed by atoms with Gasteiger partial charge in [0.2, 0.25) is 12.7 Å². The first-order chi connectivity index (χ1) is 11.9. The van der Waals surface area contributed by atoms with E-state index in [1.807, 2.05) is 0 Å². The summed E-state index contributed by atoms with van der Waals surface area (Å²) in [4.78, 5) is 35.7. The molecule has 2 N–H and O–H groups in total. The van der Waals surface area contributed by atoms with E-state index in [4.69, 9.17) is 14.6 Å². The summed E-state index contributed by atoms with van der Waals surface area (Å²) in [5, 5.41) is 22.8. The Morgan fingerprint density at radius 2 is 2.04 bits per heavy atom. The Morgan fingerprint density at radius 3 is 2.60 bits per heavy atom. The van der Waals surface area contributed by atoms with Crippen LogP contribution in [0.25, 0.3) is 0 Å². The summed E-state index contributed by atoms with van der Waals surface area (Å²) in [6.07, 6.45) is 1.66. The van der Waals surface area contributed by atoms with Crippen molar-refractivity contribution in [3.05, 3.63) is 22.2 Å². The van der Waals surface area contributed by atoms with Crippen molar-refractivity contribution >= 4 is 23.3 Å². The topological polar surface area (TPSA) is 131 Å². The Morgan fingerprint density at radius 1 is 1.40 bits per heavy atom. The number of ether oxygens (including phenoxy) is 2. The molecular weight excluding hydrogens is 334 g/mol. The Kier molecular flexibility index (Phi) is 4.45. The second-order valence-corrected chi connectivity index (χ2v) is 5.95. The smallest absolute Gasteiger partial charge is 0.320 e. The molecule has 3 rings (SSSR count). The number of nitro benzene ring substituents is 1. The molecular formula is C15H17N3O7. The molecule has 1 unspecified atom stereocenters. The quantitative estimate of drug-likeness (QED) is 0.553. The lowest BCUT2D eigenvalue weighted by atomic mass is 10.2. The first-order valence-electron chi connectivity index (χ1n) is 7.73. The van der Waals surface area contributed by atoms with E-state index in [1.165, 1.54) is 19.1 Å². The van der Waals surface area contributed by atoms with Crippen molar-refractivity contribution in [1.29, 1.82) is 0 Å². The number of aliphatic carboxylic acids is 1. The fourth-order valence-corrected chi connectivity index (χ4v) is 2.67. The summed E-state index contributed by atoms with van der Waals surface area (Å²) in [5.74, 6) is -1.00. The van der Waals surface area contributed by atoms with E-state index in [9.17, 15) is 19.7 Å². The number of hydrogen-bond acceptors (Lipinski definition) is 7. The number of rotatable bonds is 7. The predicted octanol–water partition coefficient (Wildman–Crippen LogP) is 1.20. The molecule has 0 aromatic heterocycles. The molecule has 1 aliphatic heterocycles. The van der Waals surface area contributed by atoms with Gasteiger partial charge < -0.3 is 19.9 Å². The van der Waals surface area contributed by atoms with Crippen molar-refractivity contribution in [1.82, 2.24) is 4.90 Å². The Balaban J connectivity index is 1.76. The van der Waals surface area contributed by atoms with Gasteiger partial charge in [0.05, 0.1) is 17.5 Å². The normalized spacial score (nSPS) is 16.6. The molecule has 1 aromatic rings. The van der Waals surface area contributed by atoms with Crippen LogP contribution in [0.4, 0.5) is 11.4 Å². The summed E-state index contributed by atoms with van der Waals surface area (Å²) in [5.41, 5.74) is -0.333. The Bertz CT molecular complexity index is 732. The van der Waals surface area contributed by atoms with Crippen LogP contribution in [0.1, 0.15) is 19.8 Å². The van der Waals surface area contributed by atoms with E-state index in [0.717, 1.165) is 12.8 Å². The molecule has 25 heavy (non-hydrogen) atoms. The summed E-state index contributed by atoms with van der Waals surface area (Å²) in [7, 11) is 0. The van der Waals surface area contributed by atoms with Gasteiger partial charge in [-0.2, -0.15) is 0 Å². The molecule has 1 amide bonds. The zero-order valence-corrected chi connectivity index (χ0v) is 13.4. The largest absolute Gasteiger partial charge is 0.480 e. The maximum absolute atomic E-state index is 12.3. The zero-order chi connectivity index (χ0) is 18.1. The maximum Gasteiger partial charge on any atom is 0.320 e. The highest BCUT2D eigenvalue weighted by Crippen LogP contribution is 2.40. The Labute approximate surface area is 142 Å². The first-order valence-corrected chi connectivity index (χ1v) is 7.73. The van der Waals surface area contributed by atoms with Crippen LogP contribution in [0, 0.1) is 10.1 Å². The van der Waals surface area contributed by atoms with Crippen LogP contribution >= 0.6 is 0 Å². The second-order valence-electron chi connectivity index (χ2n) is 5.95. The molecule has 1 aromatic carbocycles. The van der Waals surface area contributed by atoms with Gasteiger partial charge in [0.15, 0.2) is 11.5 Å². The lowest BCUT2D eigenvalue weighted by molar-refractivity contribution is -0.384. The van der Waals surface area contributed by atoms with Gasteiger partial charge in [0.1, 0.15) is 11.7 Å². The van der Waals surface area contributed by atoms with Gasteiger partial charge in [-0.05, 0) is 19.8 Å². The molecule has 10 nitrogen and oxygen atoms in total.